The summed E-state index contributed by atoms with van der Waals surface area (Å²) in [4.78, 5) is 3.82. The van der Waals surface area contributed by atoms with Crippen molar-refractivity contribution in [3.05, 3.63) is 36.7 Å². The van der Waals surface area contributed by atoms with Crippen molar-refractivity contribution in [2.45, 2.75) is 32.2 Å². The van der Waals surface area contributed by atoms with E-state index in [1.165, 1.54) is 36.2 Å². The third-order valence-corrected chi connectivity index (χ3v) is 3.41. The van der Waals surface area contributed by atoms with Crippen LogP contribution in [-0.4, -0.2) is 20.8 Å². The molecule has 1 aromatic heterocycles. The van der Waals surface area contributed by atoms with Gasteiger partial charge in [-0.1, -0.05) is 12.8 Å². The lowest BCUT2D eigenvalue weighted by Gasteiger charge is -2.15. The Morgan fingerprint density at radius 3 is 2.95 bits per heavy atom. The van der Waals surface area contributed by atoms with Crippen LogP contribution in [0.4, 0.5) is 10.1 Å². The van der Waals surface area contributed by atoms with Crippen molar-refractivity contribution in [3.8, 4) is 5.69 Å². The predicted molar refractivity (Wildman–Crippen MR) is 71.7 cm³/mol. The smallest absolute Gasteiger partial charge is 0.150 e. The molecule has 0 radical (unpaired) electrons. The Labute approximate surface area is 111 Å². The first-order valence-electron chi connectivity index (χ1n) is 6.63. The van der Waals surface area contributed by atoms with E-state index in [9.17, 15) is 4.39 Å². The molecule has 1 atom stereocenters. The average Bonchev–Trinajstić information content (AvgIpc) is 3.02. The van der Waals surface area contributed by atoms with Gasteiger partial charge in [0.15, 0.2) is 5.82 Å². The summed E-state index contributed by atoms with van der Waals surface area (Å²) in [6.07, 6.45) is 6.72. The Balaban J connectivity index is 1.71. The third-order valence-electron chi connectivity index (χ3n) is 3.41. The lowest BCUT2D eigenvalue weighted by atomic mass is 10.1. The van der Waals surface area contributed by atoms with E-state index in [0.29, 0.717) is 11.7 Å². The molecule has 0 saturated heterocycles. The van der Waals surface area contributed by atoms with Crippen LogP contribution in [0.3, 0.4) is 0 Å². The summed E-state index contributed by atoms with van der Waals surface area (Å²) < 4.78 is 15.4. The van der Waals surface area contributed by atoms with E-state index in [0.717, 1.165) is 18.0 Å². The number of halogens is 1. The standard InChI is InChI=1S/C14H17FN4/c1-10(6-11-2-3-11)18-12-4-5-14(13(15)7-12)19-9-16-8-17-19/h4-5,7-11,18H,2-3,6H2,1H3. The van der Waals surface area contributed by atoms with Gasteiger partial charge in [0.05, 0.1) is 0 Å². The molecule has 3 rings (SSSR count). The molecule has 1 saturated carbocycles. The summed E-state index contributed by atoms with van der Waals surface area (Å²) in [6, 6.07) is 5.49. The van der Waals surface area contributed by atoms with Gasteiger partial charge in [-0.05, 0) is 37.5 Å². The molecule has 1 fully saturated rings. The van der Waals surface area contributed by atoms with Gasteiger partial charge in [-0.25, -0.2) is 14.1 Å². The number of benzene rings is 1. The summed E-state index contributed by atoms with van der Waals surface area (Å²) in [5, 5.41) is 7.27. The van der Waals surface area contributed by atoms with Crippen molar-refractivity contribution >= 4 is 5.69 Å². The van der Waals surface area contributed by atoms with Crippen LogP contribution in [0.5, 0.6) is 0 Å². The van der Waals surface area contributed by atoms with Crippen molar-refractivity contribution in [3.63, 3.8) is 0 Å². The third kappa shape index (κ3) is 2.92. The Kier molecular flexibility index (Phi) is 3.19. The fraction of sp³-hybridized carbons (Fsp3) is 0.429. The molecule has 1 unspecified atom stereocenters. The van der Waals surface area contributed by atoms with Crippen molar-refractivity contribution < 1.29 is 4.39 Å². The maximum Gasteiger partial charge on any atom is 0.150 e. The minimum absolute atomic E-state index is 0.297. The summed E-state index contributed by atoms with van der Waals surface area (Å²) in [6.45, 7) is 2.14. The summed E-state index contributed by atoms with van der Waals surface area (Å²) in [5.41, 5.74) is 1.23. The van der Waals surface area contributed by atoms with E-state index in [2.05, 4.69) is 22.3 Å². The van der Waals surface area contributed by atoms with E-state index in [-0.39, 0.29) is 5.82 Å². The van der Waals surface area contributed by atoms with E-state index in [4.69, 9.17) is 0 Å². The molecule has 1 N–H and O–H groups in total. The number of anilines is 1. The molecule has 2 aromatic rings. The van der Waals surface area contributed by atoms with E-state index < -0.39 is 0 Å². The highest BCUT2D eigenvalue weighted by atomic mass is 19.1. The Morgan fingerprint density at radius 2 is 2.32 bits per heavy atom. The molecule has 1 aliphatic carbocycles. The molecule has 0 spiro atoms. The molecule has 1 aromatic carbocycles. The average molecular weight is 260 g/mol. The number of rotatable bonds is 5. The number of aromatic nitrogens is 3. The van der Waals surface area contributed by atoms with Gasteiger partial charge in [-0.15, -0.1) is 0 Å². The zero-order valence-corrected chi connectivity index (χ0v) is 10.9. The highest BCUT2D eigenvalue weighted by Gasteiger charge is 2.23. The van der Waals surface area contributed by atoms with Gasteiger partial charge < -0.3 is 5.32 Å². The molecule has 1 aliphatic rings. The maximum absolute atomic E-state index is 14.0. The minimum Gasteiger partial charge on any atom is -0.382 e. The zero-order chi connectivity index (χ0) is 13.2. The quantitative estimate of drug-likeness (QED) is 0.898. The van der Waals surface area contributed by atoms with E-state index >= 15 is 0 Å². The number of hydrogen-bond donors (Lipinski definition) is 1. The van der Waals surface area contributed by atoms with Crippen LogP contribution >= 0.6 is 0 Å². The molecule has 1 heterocycles. The Morgan fingerprint density at radius 1 is 1.47 bits per heavy atom. The van der Waals surface area contributed by atoms with Gasteiger partial charge >= 0.3 is 0 Å². The molecule has 4 nitrogen and oxygen atoms in total. The fourth-order valence-electron chi connectivity index (χ4n) is 2.31. The minimum atomic E-state index is -0.297. The van der Waals surface area contributed by atoms with Crippen LogP contribution in [0.25, 0.3) is 5.69 Å². The topological polar surface area (TPSA) is 42.7 Å². The number of nitrogens with one attached hydrogen (secondary N) is 1. The van der Waals surface area contributed by atoms with Crippen LogP contribution in [-0.2, 0) is 0 Å². The van der Waals surface area contributed by atoms with Crippen LogP contribution < -0.4 is 5.32 Å². The largest absolute Gasteiger partial charge is 0.382 e. The maximum atomic E-state index is 14.0. The van der Waals surface area contributed by atoms with E-state index in [1.807, 2.05) is 6.07 Å². The molecule has 19 heavy (non-hydrogen) atoms. The fourth-order valence-corrected chi connectivity index (χ4v) is 2.31. The van der Waals surface area contributed by atoms with Gasteiger partial charge in [-0.2, -0.15) is 5.10 Å². The normalized spacial score (nSPS) is 16.3. The van der Waals surface area contributed by atoms with Crippen molar-refractivity contribution in [2.75, 3.05) is 5.32 Å². The van der Waals surface area contributed by atoms with E-state index in [1.54, 1.807) is 6.07 Å². The highest BCUT2D eigenvalue weighted by Crippen LogP contribution is 2.34. The summed E-state index contributed by atoms with van der Waals surface area (Å²) in [7, 11) is 0. The van der Waals surface area contributed by atoms with Crippen LogP contribution in [0.2, 0.25) is 0 Å². The molecular formula is C14H17FN4. The molecule has 5 heteroatoms. The second-order valence-electron chi connectivity index (χ2n) is 5.23. The number of nitrogens with zero attached hydrogens (tertiary/aromatic N) is 3. The summed E-state index contributed by atoms with van der Waals surface area (Å²) >= 11 is 0. The van der Waals surface area contributed by atoms with Crippen molar-refractivity contribution in [2.24, 2.45) is 5.92 Å². The van der Waals surface area contributed by atoms with Gasteiger partial charge in [0.25, 0.3) is 0 Å². The molecule has 0 amide bonds. The van der Waals surface area contributed by atoms with Crippen molar-refractivity contribution in [1.82, 2.24) is 14.8 Å². The van der Waals surface area contributed by atoms with Crippen LogP contribution in [0, 0.1) is 11.7 Å². The van der Waals surface area contributed by atoms with Crippen molar-refractivity contribution in [1.29, 1.82) is 0 Å². The highest BCUT2D eigenvalue weighted by molar-refractivity contribution is 5.49. The van der Waals surface area contributed by atoms with Gasteiger partial charge in [0, 0.05) is 11.7 Å². The SMILES string of the molecule is CC(CC1CC1)Nc1ccc(-n2cncn2)c(F)c1. The molecule has 100 valence electrons. The van der Waals surface area contributed by atoms with Crippen LogP contribution in [0.15, 0.2) is 30.9 Å². The Bertz CT molecular complexity index is 549. The lowest BCUT2D eigenvalue weighted by molar-refractivity contribution is 0.608. The second kappa shape index (κ2) is 4.99. The molecule has 0 bridgehead atoms. The van der Waals surface area contributed by atoms with Gasteiger partial charge in [0.1, 0.15) is 18.3 Å². The summed E-state index contributed by atoms with van der Waals surface area (Å²) in [5.74, 6) is 0.566. The first-order chi connectivity index (χ1) is 9.22. The van der Waals surface area contributed by atoms with Crippen LogP contribution in [0.1, 0.15) is 26.2 Å². The lowest BCUT2D eigenvalue weighted by Crippen LogP contribution is -2.16. The first-order valence-corrected chi connectivity index (χ1v) is 6.63. The first kappa shape index (κ1) is 12.1. The van der Waals surface area contributed by atoms with Gasteiger partial charge in [0.2, 0.25) is 0 Å². The Hall–Kier alpha value is -1.91. The number of hydrogen-bond acceptors (Lipinski definition) is 3. The second-order valence-corrected chi connectivity index (χ2v) is 5.23. The van der Waals surface area contributed by atoms with Gasteiger partial charge in [-0.3, -0.25) is 0 Å². The predicted octanol–water partition coefficient (Wildman–Crippen LogP) is 3.01. The monoisotopic (exact) mass is 260 g/mol. The zero-order valence-electron chi connectivity index (χ0n) is 10.9. The molecule has 0 aliphatic heterocycles. The molecular weight excluding hydrogens is 243 g/mol.